The van der Waals surface area contributed by atoms with Crippen molar-refractivity contribution in [2.75, 3.05) is 20.2 Å². The molecule has 1 atom stereocenters. The lowest BCUT2D eigenvalue weighted by atomic mass is 10.1. The topological polar surface area (TPSA) is 24.5 Å². The minimum Gasteiger partial charge on any atom is -0.494 e. The van der Waals surface area contributed by atoms with Crippen LogP contribution >= 0.6 is 0 Å². The summed E-state index contributed by atoms with van der Waals surface area (Å²) in [5.41, 5.74) is 0.705. The van der Waals surface area contributed by atoms with E-state index in [1.807, 2.05) is 12.1 Å². The van der Waals surface area contributed by atoms with Gasteiger partial charge in [0.05, 0.1) is 7.11 Å². The van der Waals surface area contributed by atoms with Gasteiger partial charge in [-0.2, -0.15) is 0 Å². The Kier molecular flexibility index (Phi) is 5.38. The number of ether oxygens (including phenoxy) is 1. The maximum absolute atomic E-state index is 14.2. The lowest BCUT2D eigenvalue weighted by Crippen LogP contribution is -2.40. The molecule has 0 bridgehead atoms. The van der Waals surface area contributed by atoms with Gasteiger partial charge in [0, 0.05) is 30.7 Å². The Bertz CT molecular complexity index is 430. The summed E-state index contributed by atoms with van der Waals surface area (Å²) in [6, 6.07) is 6.28. The van der Waals surface area contributed by atoms with Crippen molar-refractivity contribution < 1.29 is 9.13 Å². The smallest absolute Gasteiger partial charge is 0.169 e. The van der Waals surface area contributed by atoms with Crippen LogP contribution in [0.3, 0.4) is 0 Å². The van der Waals surface area contributed by atoms with E-state index < -0.39 is 0 Å². The average molecular weight is 280 g/mol. The zero-order chi connectivity index (χ0) is 14.5. The number of hydrogen-bond donors (Lipinski definition) is 1. The molecule has 0 saturated carbocycles. The first-order chi connectivity index (χ1) is 9.61. The van der Waals surface area contributed by atoms with Gasteiger partial charge < -0.3 is 10.1 Å². The molecule has 1 aliphatic rings. The fourth-order valence-corrected chi connectivity index (χ4v) is 2.71. The summed E-state index contributed by atoms with van der Waals surface area (Å²) < 4.78 is 19.3. The summed E-state index contributed by atoms with van der Waals surface area (Å²) in [4.78, 5) is 2.32. The molecular formula is C16H25FN2O. The molecule has 2 rings (SSSR count). The highest BCUT2D eigenvalue weighted by atomic mass is 19.1. The summed E-state index contributed by atoms with van der Waals surface area (Å²) in [7, 11) is 1.50. The molecule has 0 aromatic heterocycles. The van der Waals surface area contributed by atoms with E-state index in [0.29, 0.717) is 29.9 Å². The number of hydrogen-bond acceptors (Lipinski definition) is 3. The first-order valence-electron chi connectivity index (χ1n) is 7.40. The highest BCUT2D eigenvalue weighted by Crippen LogP contribution is 2.22. The molecule has 1 saturated heterocycles. The lowest BCUT2D eigenvalue weighted by molar-refractivity contribution is 0.191. The summed E-state index contributed by atoms with van der Waals surface area (Å²) in [6.45, 7) is 7.01. The summed E-state index contributed by atoms with van der Waals surface area (Å²) in [6.07, 6.45) is 2.45. The number of benzene rings is 1. The normalized spacial score (nSPS) is 19.0. The SMILES string of the molecule is COc1cccc(CN(CC2CCCN2)C(C)C)c1F. The van der Waals surface area contributed by atoms with Crippen LogP contribution in [0.1, 0.15) is 32.3 Å². The van der Waals surface area contributed by atoms with Crippen molar-refractivity contribution in [1.29, 1.82) is 0 Å². The molecule has 1 aliphatic heterocycles. The Balaban J connectivity index is 2.07. The Morgan fingerprint density at radius 3 is 2.85 bits per heavy atom. The zero-order valence-electron chi connectivity index (χ0n) is 12.7. The average Bonchev–Trinajstić information content (AvgIpc) is 2.93. The van der Waals surface area contributed by atoms with Gasteiger partial charge in [-0.25, -0.2) is 4.39 Å². The van der Waals surface area contributed by atoms with Crippen molar-refractivity contribution in [2.24, 2.45) is 0 Å². The quantitative estimate of drug-likeness (QED) is 0.867. The van der Waals surface area contributed by atoms with Crippen LogP contribution in [0.5, 0.6) is 5.75 Å². The van der Waals surface area contributed by atoms with E-state index in [4.69, 9.17) is 4.74 Å². The second-order valence-corrected chi connectivity index (χ2v) is 5.75. The zero-order valence-corrected chi connectivity index (χ0v) is 12.7. The van der Waals surface area contributed by atoms with E-state index in [-0.39, 0.29) is 5.82 Å². The highest BCUT2D eigenvalue weighted by Gasteiger charge is 2.21. The summed E-state index contributed by atoms with van der Waals surface area (Å²) >= 11 is 0. The van der Waals surface area contributed by atoms with Crippen molar-refractivity contribution in [3.63, 3.8) is 0 Å². The first-order valence-corrected chi connectivity index (χ1v) is 7.40. The van der Waals surface area contributed by atoms with Crippen molar-refractivity contribution in [2.45, 2.75) is 45.3 Å². The van der Waals surface area contributed by atoms with Crippen LogP contribution in [0, 0.1) is 5.82 Å². The molecule has 1 N–H and O–H groups in total. The van der Waals surface area contributed by atoms with Crippen LogP contribution < -0.4 is 10.1 Å². The Morgan fingerprint density at radius 1 is 1.45 bits per heavy atom. The molecule has 1 heterocycles. The van der Waals surface area contributed by atoms with E-state index >= 15 is 0 Å². The third-order valence-corrected chi connectivity index (χ3v) is 3.98. The second-order valence-electron chi connectivity index (χ2n) is 5.75. The number of rotatable bonds is 6. The van der Waals surface area contributed by atoms with E-state index in [9.17, 15) is 4.39 Å². The maximum atomic E-state index is 14.2. The second kappa shape index (κ2) is 7.04. The van der Waals surface area contributed by atoms with Gasteiger partial charge in [0.15, 0.2) is 11.6 Å². The minimum absolute atomic E-state index is 0.236. The molecule has 0 spiro atoms. The monoisotopic (exact) mass is 280 g/mol. The Labute approximate surface area is 121 Å². The third-order valence-electron chi connectivity index (χ3n) is 3.98. The predicted octanol–water partition coefficient (Wildman–Crippen LogP) is 2.80. The highest BCUT2D eigenvalue weighted by molar-refractivity contribution is 5.31. The minimum atomic E-state index is -0.236. The van der Waals surface area contributed by atoms with Gasteiger partial charge in [0.2, 0.25) is 0 Å². The van der Waals surface area contributed by atoms with Crippen molar-refractivity contribution >= 4 is 0 Å². The number of nitrogens with one attached hydrogen (secondary N) is 1. The van der Waals surface area contributed by atoms with Crippen LogP contribution in [0.4, 0.5) is 4.39 Å². The molecule has 1 unspecified atom stereocenters. The standard InChI is InChI=1S/C16H25FN2O/c1-12(2)19(11-14-7-5-9-18-14)10-13-6-4-8-15(20-3)16(13)17/h4,6,8,12,14,18H,5,7,9-11H2,1-3H3. The molecule has 0 aliphatic carbocycles. The number of nitrogens with zero attached hydrogens (tertiary/aromatic N) is 1. The van der Waals surface area contributed by atoms with Gasteiger partial charge in [-0.05, 0) is 39.3 Å². The fourth-order valence-electron chi connectivity index (χ4n) is 2.71. The van der Waals surface area contributed by atoms with Gasteiger partial charge >= 0.3 is 0 Å². The first kappa shape index (κ1) is 15.3. The molecular weight excluding hydrogens is 255 g/mol. The molecule has 1 fully saturated rings. The van der Waals surface area contributed by atoms with Gasteiger partial charge in [-0.15, -0.1) is 0 Å². The van der Waals surface area contributed by atoms with Crippen LogP contribution in [0.15, 0.2) is 18.2 Å². The van der Waals surface area contributed by atoms with Gasteiger partial charge in [0.1, 0.15) is 0 Å². The Morgan fingerprint density at radius 2 is 2.25 bits per heavy atom. The van der Waals surface area contributed by atoms with Crippen molar-refractivity contribution in [3.8, 4) is 5.75 Å². The lowest BCUT2D eigenvalue weighted by Gasteiger charge is -2.29. The molecule has 3 nitrogen and oxygen atoms in total. The van der Waals surface area contributed by atoms with E-state index in [2.05, 4.69) is 24.1 Å². The maximum Gasteiger partial charge on any atom is 0.169 e. The summed E-state index contributed by atoms with van der Waals surface area (Å²) in [5, 5.41) is 3.50. The van der Waals surface area contributed by atoms with Crippen molar-refractivity contribution in [3.05, 3.63) is 29.6 Å². The van der Waals surface area contributed by atoms with Crippen LogP contribution in [0.25, 0.3) is 0 Å². The molecule has 0 amide bonds. The van der Waals surface area contributed by atoms with Gasteiger partial charge in [-0.3, -0.25) is 4.90 Å². The van der Waals surface area contributed by atoms with E-state index in [1.54, 1.807) is 6.07 Å². The largest absolute Gasteiger partial charge is 0.494 e. The van der Waals surface area contributed by atoms with Crippen LogP contribution in [0.2, 0.25) is 0 Å². The molecule has 4 heteroatoms. The molecule has 0 radical (unpaired) electrons. The molecule has 1 aromatic rings. The van der Waals surface area contributed by atoms with Crippen LogP contribution in [-0.4, -0.2) is 37.2 Å². The van der Waals surface area contributed by atoms with Gasteiger partial charge in [-0.1, -0.05) is 12.1 Å². The number of halogens is 1. The van der Waals surface area contributed by atoms with Crippen LogP contribution in [-0.2, 0) is 6.54 Å². The molecule has 112 valence electrons. The van der Waals surface area contributed by atoms with Gasteiger partial charge in [0.25, 0.3) is 0 Å². The van der Waals surface area contributed by atoms with Crippen molar-refractivity contribution in [1.82, 2.24) is 10.2 Å². The van der Waals surface area contributed by atoms with E-state index in [0.717, 1.165) is 13.1 Å². The predicted molar refractivity (Wildman–Crippen MR) is 79.5 cm³/mol. The molecule has 20 heavy (non-hydrogen) atoms. The summed E-state index contributed by atoms with van der Waals surface area (Å²) in [5.74, 6) is 0.0882. The fraction of sp³-hybridized carbons (Fsp3) is 0.625. The number of methoxy groups -OCH3 is 1. The molecule has 1 aromatic carbocycles. The Hall–Kier alpha value is -1.13. The third kappa shape index (κ3) is 3.70. The van der Waals surface area contributed by atoms with E-state index in [1.165, 1.54) is 20.0 Å².